The zero-order chi connectivity index (χ0) is 22.5. The average molecular weight is 445 g/mol. The van der Waals surface area contributed by atoms with Crippen molar-refractivity contribution in [2.45, 2.75) is 13.5 Å². The molecule has 4 rings (SSSR count). The van der Waals surface area contributed by atoms with E-state index in [2.05, 4.69) is 15.7 Å². The number of anilines is 2. The summed E-state index contributed by atoms with van der Waals surface area (Å²) < 4.78 is 1.74. The summed E-state index contributed by atoms with van der Waals surface area (Å²) in [5.74, 6) is 0.154. The summed E-state index contributed by atoms with van der Waals surface area (Å²) in [5, 5.41) is 10.8. The van der Waals surface area contributed by atoms with Gasteiger partial charge in [-0.05, 0) is 43.3 Å². The number of hydrogen-bond acceptors (Lipinski definition) is 3. The lowest BCUT2D eigenvalue weighted by Crippen LogP contribution is -2.15. The van der Waals surface area contributed by atoms with Gasteiger partial charge in [0.2, 0.25) is 0 Å². The van der Waals surface area contributed by atoms with E-state index in [1.54, 1.807) is 53.2 Å². The minimum Gasteiger partial charge on any atom is -0.322 e. The van der Waals surface area contributed by atoms with Crippen LogP contribution in [0.25, 0.3) is 11.3 Å². The predicted molar refractivity (Wildman–Crippen MR) is 127 cm³/mol. The Morgan fingerprint density at radius 3 is 2.25 bits per heavy atom. The Balaban J connectivity index is 1.50. The molecule has 0 aliphatic carbocycles. The van der Waals surface area contributed by atoms with E-state index in [1.165, 1.54) is 0 Å². The predicted octanol–water partition coefficient (Wildman–Crippen LogP) is 5.73. The van der Waals surface area contributed by atoms with E-state index in [1.807, 2.05) is 43.3 Å². The Bertz CT molecular complexity index is 1250. The van der Waals surface area contributed by atoms with Gasteiger partial charge in [-0.3, -0.25) is 9.59 Å². The molecule has 2 amide bonds. The van der Waals surface area contributed by atoms with Gasteiger partial charge in [0.25, 0.3) is 11.8 Å². The SMILES string of the molecule is CCn1nc(-c2ccc(NC(=O)c3ccccc3Cl)cc2)cc1NC(=O)c1ccccc1. The zero-order valence-electron chi connectivity index (χ0n) is 17.4. The lowest BCUT2D eigenvalue weighted by atomic mass is 10.1. The van der Waals surface area contributed by atoms with Gasteiger partial charge in [-0.25, -0.2) is 4.68 Å². The topological polar surface area (TPSA) is 76.0 Å². The number of carbonyl (C=O) groups is 2. The summed E-state index contributed by atoms with van der Waals surface area (Å²) in [4.78, 5) is 25.0. The van der Waals surface area contributed by atoms with E-state index in [-0.39, 0.29) is 11.8 Å². The van der Waals surface area contributed by atoms with Crippen molar-refractivity contribution in [3.63, 3.8) is 0 Å². The van der Waals surface area contributed by atoms with Crippen molar-refractivity contribution in [2.75, 3.05) is 10.6 Å². The van der Waals surface area contributed by atoms with Crippen LogP contribution in [0, 0.1) is 0 Å². The summed E-state index contributed by atoms with van der Waals surface area (Å²) in [5.41, 5.74) is 3.23. The number of aromatic nitrogens is 2. The second kappa shape index (κ2) is 9.49. The Hall–Kier alpha value is -3.90. The number of aryl methyl sites for hydroxylation is 1. The molecule has 0 radical (unpaired) electrons. The van der Waals surface area contributed by atoms with Crippen molar-refractivity contribution < 1.29 is 9.59 Å². The van der Waals surface area contributed by atoms with Crippen LogP contribution < -0.4 is 10.6 Å². The number of amides is 2. The highest BCUT2D eigenvalue weighted by atomic mass is 35.5. The Morgan fingerprint density at radius 2 is 1.56 bits per heavy atom. The Labute approximate surface area is 190 Å². The van der Waals surface area contributed by atoms with Gasteiger partial charge in [0.05, 0.1) is 16.3 Å². The molecule has 2 N–H and O–H groups in total. The van der Waals surface area contributed by atoms with Crippen LogP contribution in [0.5, 0.6) is 0 Å². The molecule has 0 spiro atoms. The maximum atomic E-state index is 12.5. The largest absolute Gasteiger partial charge is 0.322 e. The zero-order valence-corrected chi connectivity index (χ0v) is 18.1. The summed E-state index contributed by atoms with van der Waals surface area (Å²) >= 11 is 6.10. The van der Waals surface area contributed by atoms with E-state index in [0.29, 0.717) is 34.2 Å². The van der Waals surface area contributed by atoms with Crippen molar-refractivity contribution >= 4 is 34.9 Å². The molecule has 6 nitrogen and oxygen atoms in total. The number of nitrogens with zero attached hydrogens (tertiary/aromatic N) is 2. The molecule has 160 valence electrons. The van der Waals surface area contributed by atoms with Gasteiger partial charge in [-0.2, -0.15) is 5.10 Å². The van der Waals surface area contributed by atoms with Crippen LogP contribution in [0.1, 0.15) is 27.6 Å². The second-order valence-electron chi connectivity index (χ2n) is 7.06. The molecule has 3 aromatic carbocycles. The van der Waals surface area contributed by atoms with Crippen LogP contribution in [0.15, 0.2) is 84.9 Å². The molecule has 0 fully saturated rings. The Morgan fingerprint density at radius 1 is 0.875 bits per heavy atom. The molecule has 1 heterocycles. The van der Waals surface area contributed by atoms with Gasteiger partial charge in [0, 0.05) is 29.4 Å². The second-order valence-corrected chi connectivity index (χ2v) is 7.47. The minimum absolute atomic E-state index is 0.190. The first-order valence-electron chi connectivity index (χ1n) is 10.2. The first-order chi connectivity index (χ1) is 15.5. The molecule has 0 bridgehead atoms. The molecule has 0 aliphatic heterocycles. The third-order valence-electron chi connectivity index (χ3n) is 4.91. The van der Waals surface area contributed by atoms with Crippen LogP contribution in [0.3, 0.4) is 0 Å². The van der Waals surface area contributed by atoms with Crippen molar-refractivity contribution in [3.05, 3.63) is 101 Å². The van der Waals surface area contributed by atoms with E-state index >= 15 is 0 Å². The van der Waals surface area contributed by atoms with Gasteiger partial charge in [-0.15, -0.1) is 0 Å². The fraction of sp³-hybridized carbons (Fsp3) is 0.0800. The number of nitrogens with one attached hydrogen (secondary N) is 2. The number of rotatable bonds is 6. The molecule has 0 aliphatic rings. The van der Waals surface area contributed by atoms with Crippen LogP contribution in [0.2, 0.25) is 5.02 Å². The number of halogens is 1. The molecular weight excluding hydrogens is 424 g/mol. The lowest BCUT2D eigenvalue weighted by Gasteiger charge is -2.07. The van der Waals surface area contributed by atoms with Gasteiger partial charge < -0.3 is 10.6 Å². The molecule has 0 saturated heterocycles. The van der Waals surface area contributed by atoms with Crippen LogP contribution in [-0.4, -0.2) is 21.6 Å². The smallest absolute Gasteiger partial charge is 0.257 e. The van der Waals surface area contributed by atoms with Gasteiger partial charge in [-0.1, -0.05) is 54.1 Å². The van der Waals surface area contributed by atoms with Crippen LogP contribution in [-0.2, 0) is 6.54 Å². The number of carbonyl (C=O) groups excluding carboxylic acids is 2. The highest BCUT2D eigenvalue weighted by molar-refractivity contribution is 6.34. The first kappa shape index (κ1) is 21.3. The van der Waals surface area contributed by atoms with Crippen molar-refractivity contribution in [1.29, 1.82) is 0 Å². The van der Waals surface area contributed by atoms with E-state index in [0.717, 1.165) is 11.3 Å². The Kier molecular flexibility index (Phi) is 6.33. The number of hydrogen-bond donors (Lipinski definition) is 2. The molecule has 1 aromatic heterocycles. The maximum absolute atomic E-state index is 12.5. The molecule has 32 heavy (non-hydrogen) atoms. The third kappa shape index (κ3) is 4.71. The van der Waals surface area contributed by atoms with Gasteiger partial charge >= 0.3 is 0 Å². The highest BCUT2D eigenvalue weighted by Crippen LogP contribution is 2.25. The number of benzene rings is 3. The lowest BCUT2D eigenvalue weighted by molar-refractivity contribution is 0.101. The van der Waals surface area contributed by atoms with E-state index < -0.39 is 0 Å². The molecule has 7 heteroatoms. The van der Waals surface area contributed by atoms with Crippen molar-refractivity contribution in [1.82, 2.24) is 9.78 Å². The first-order valence-corrected chi connectivity index (χ1v) is 10.5. The quantitative estimate of drug-likeness (QED) is 0.399. The fourth-order valence-electron chi connectivity index (χ4n) is 3.25. The van der Waals surface area contributed by atoms with Crippen molar-refractivity contribution in [2.24, 2.45) is 0 Å². The van der Waals surface area contributed by atoms with Gasteiger partial charge in [0.1, 0.15) is 5.82 Å². The molecule has 0 atom stereocenters. The minimum atomic E-state index is -0.274. The third-order valence-corrected chi connectivity index (χ3v) is 5.24. The summed E-state index contributed by atoms with van der Waals surface area (Å²) in [6, 6.07) is 25.1. The standard InChI is InChI=1S/C25H21ClN4O2/c1-2-30-23(28-24(31)18-8-4-3-5-9-18)16-22(29-30)17-12-14-19(15-13-17)27-25(32)20-10-6-7-11-21(20)26/h3-16H,2H2,1H3,(H,27,32)(H,28,31). The monoisotopic (exact) mass is 444 g/mol. The summed E-state index contributed by atoms with van der Waals surface area (Å²) in [6.07, 6.45) is 0. The molecular formula is C25H21ClN4O2. The van der Waals surface area contributed by atoms with E-state index in [4.69, 9.17) is 11.6 Å². The van der Waals surface area contributed by atoms with E-state index in [9.17, 15) is 9.59 Å². The average Bonchev–Trinajstić information content (AvgIpc) is 3.23. The molecule has 0 unspecified atom stereocenters. The summed E-state index contributed by atoms with van der Waals surface area (Å²) in [6.45, 7) is 2.57. The van der Waals surface area contributed by atoms with Gasteiger partial charge in [0.15, 0.2) is 0 Å². The van der Waals surface area contributed by atoms with Crippen LogP contribution >= 0.6 is 11.6 Å². The molecule has 0 saturated carbocycles. The van der Waals surface area contributed by atoms with Crippen LogP contribution in [0.4, 0.5) is 11.5 Å². The fourth-order valence-corrected chi connectivity index (χ4v) is 3.47. The molecule has 4 aromatic rings. The highest BCUT2D eigenvalue weighted by Gasteiger charge is 2.14. The normalized spacial score (nSPS) is 10.6. The maximum Gasteiger partial charge on any atom is 0.257 e. The van der Waals surface area contributed by atoms with Crippen molar-refractivity contribution in [3.8, 4) is 11.3 Å². The summed E-state index contributed by atoms with van der Waals surface area (Å²) in [7, 11) is 0.